The molecule has 0 radical (unpaired) electrons. The zero-order valence-electron chi connectivity index (χ0n) is 18.2. The predicted octanol–water partition coefficient (Wildman–Crippen LogP) is 3.67. The van der Waals surface area contributed by atoms with E-state index in [1.165, 1.54) is 0 Å². The molecule has 1 aliphatic rings. The highest BCUT2D eigenvalue weighted by Crippen LogP contribution is 2.34. The molecule has 35 heavy (non-hydrogen) atoms. The number of ether oxygens (including phenoxy) is 2. The number of aromatic nitrogens is 4. The number of H-pyrrole nitrogens is 2. The van der Waals surface area contributed by atoms with Gasteiger partial charge in [0.25, 0.3) is 5.56 Å². The SMILES string of the molecule is COc1ccc2c(c1)CC(c1nc3ccc(-c4cn[nH]c4)cc3c(=O)[nH]1)CO2.O=C(O)C(F)(F)F. The fourth-order valence-corrected chi connectivity index (χ4v) is 3.61. The number of hydrogen-bond donors (Lipinski definition) is 3. The minimum atomic E-state index is -5.08. The van der Waals surface area contributed by atoms with Crippen molar-refractivity contribution < 1.29 is 32.5 Å². The summed E-state index contributed by atoms with van der Waals surface area (Å²) >= 11 is 0. The number of nitrogens with one attached hydrogen (secondary N) is 2. The van der Waals surface area contributed by atoms with E-state index in [-0.39, 0.29) is 11.5 Å². The Morgan fingerprint density at radius 1 is 1.20 bits per heavy atom. The van der Waals surface area contributed by atoms with E-state index in [4.69, 9.17) is 24.4 Å². The lowest BCUT2D eigenvalue weighted by molar-refractivity contribution is -0.192. The number of benzene rings is 2. The molecule has 0 amide bonds. The number of alkyl halides is 3. The van der Waals surface area contributed by atoms with E-state index in [9.17, 15) is 18.0 Å². The number of carboxylic acids is 1. The second-order valence-corrected chi connectivity index (χ2v) is 7.66. The maximum absolute atomic E-state index is 12.7. The van der Waals surface area contributed by atoms with Gasteiger partial charge in [-0.2, -0.15) is 18.3 Å². The fourth-order valence-electron chi connectivity index (χ4n) is 3.61. The lowest BCUT2D eigenvalue weighted by Gasteiger charge is -2.25. The Morgan fingerprint density at radius 3 is 2.63 bits per heavy atom. The van der Waals surface area contributed by atoms with Gasteiger partial charge in [0.1, 0.15) is 17.3 Å². The summed E-state index contributed by atoms with van der Waals surface area (Å²) in [5, 5.41) is 14.4. The molecule has 0 bridgehead atoms. The largest absolute Gasteiger partial charge is 0.497 e. The first kappa shape index (κ1) is 23.8. The van der Waals surface area contributed by atoms with Gasteiger partial charge in [0.05, 0.1) is 36.7 Å². The molecule has 2 aromatic heterocycles. The van der Waals surface area contributed by atoms with Crippen molar-refractivity contribution in [2.24, 2.45) is 0 Å². The van der Waals surface area contributed by atoms with Gasteiger partial charge in [0.15, 0.2) is 0 Å². The highest BCUT2D eigenvalue weighted by molar-refractivity contribution is 5.83. The molecule has 2 aromatic carbocycles. The molecule has 0 fully saturated rings. The van der Waals surface area contributed by atoms with E-state index in [0.717, 1.165) is 34.6 Å². The third kappa shape index (κ3) is 5.26. The molecule has 1 unspecified atom stereocenters. The number of fused-ring (bicyclic) bond motifs is 2. The minimum absolute atomic E-state index is 0.0229. The first-order valence-electron chi connectivity index (χ1n) is 10.3. The minimum Gasteiger partial charge on any atom is -0.497 e. The van der Waals surface area contributed by atoms with Crippen molar-refractivity contribution in [1.29, 1.82) is 0 Å². The van der Waals surface area contributed by atoms with Crippen molar-refractivity contribution in [1.82, 2.24) is 20.2 Å². The lowest BCUT2D eigenvalue weighted by atomic mass is 9.95. The molecule has 5 rings (SSSR count). The molecule has 182 valence electrons. The first-order chi connectivity index (χ1) is 16.7. The maximum Gasteiger partial charge on any atom is 0.490 e. The summed E-state index contributed by atoms with van der Waals surface area (Å²) in [6.45, 7) is 0.473. The topological polar surface area (TPSA) is 130 Å². The quantitative estimate of drug-likeness (QED) is 0.401. The summed E-state index contributed by atoms with van der Waals surface area (Å²) in [7, 11) is 1.64. The molecule has 0 saturated carbocycles. The van der Waals surface area contributed by atoms with Crippen molar-refractivity contribution in [2.75, 3.05) is 13.7 Å². The van der Waals surface area contributed by atoms with Crippen molar-refractivity contribution in [3.8, 4) is 22.6 Å². The van der Waals surface area contributed by atoms with Crippen molar-refractivity contribution in [2.45, 2.75) is 18.5 Å². The fraction of sp³-hybridized carbons (Fsp3) is 0.217. The standard InChI is InChI=1S/C21H18N4O3.C2HF3O2/c1-27-16-3-5-19-13(7-16)6-14(11-28-19)20-24-18-4-2-12(15-9-22-23-10-15)8-17(18)21(26)25-20;3-2(4,5)1(6)7/h2-5,7-10,14H,6,11H2,1H3,(H,22,23)(H,24,25,26);(H,6,7). The second-order valence-electron chi connectivity index (χ2n) is 7.66. The Bertz CT molecular complexity index is 1420. The average molecular weight is 488 g/mol. The molecular weight excluding hydrogens is 469 g/mol. The van der Waals surface area contributed by atoms with Crippen molar-refractivity contribution in [3.63, 3.8) is 0 Å². The molecule has 0 spiro atoms. The Kier molecular flexibility index (Phi) is 6.45. The number of rotatable bonds is 3. The number of carboxylic acid groups (broad SMARTS) is 1. The van der Waals surface area contributed by atoms with Crippen LogP contribution in [0.15, 0.2) is 53.6 Å². The number of carbonyl (C=O) groups is 1. The number of nitrogens with zero attached hydrogens (tertiary/aromatic N) is 2. The van der Waals surface area contributed by atoms with Crippen molar-refractivity contribution >= 4 is 16.9 Å². The summed E-state index contributed by atoms with van der Waals surface area (Å²) in [6, 6.07) is 11.4. The van der Waals surface area contributed by atoms with E-state index in [1.807, 2.05) is 36.4 Å². The van der Waals surface area contributed by atoms with Gasteiger partial charge in [-0.15, -0.1) is 0 Å². The van der Waals surface area contributed by atoms with E-state index in [0.29, 0.717) is 23.3 Å². The molecule has 0 saturated heterocycles. The third-order valence-corrected chi connectivity index (χ3v) is 5.36. The normalized spacial score (nSPS) is 14.9. The smallest absolute Gasteiger partial charge is 0.490 e. The monoisotopic (exact) mass is 488 g/mol. The summed E-state index contributed by atoms with van der Waals surface area (Å²) in [4.78, 5) is 29.3. The van der Waals surface area contributed by atoms with Crippen LogP contribution in [0.1, 0.15) is 17.3 Å². The van der Waals surface area contributed by atoms with E-state index < -0.39 is 12.1 Å². The summed E-state index contributed by atoms with van der Waals surface area (Å²) in [5.74, 6) is -0.500. The van der Waals surface area contributed by atoms with Gasteiger partial charge in [-0.25, -0.2) is 9.78 Å². The van der Waals surface area contributed by atoms with Gasteiger partial charge in [0, 0.05) is 11.8 Å². The Morgan fingerprint density at radius 2 is 1.97 bits per heavy atom. The van der Waals surface area contributed by atoms with E-state index in [1.54, 1.807) is 19.5 Å². The summed E-state index contributed by atoms with van der Waals surface area (Å²) < 4.78 is 42.9. The predicted molar refractivity (Wildman–Crippen MR) is 119 cm³/mol. The van der Waals surface area contributed by atoms with Gasteiger partial charge in [-0.3, -0.25) is 9.89 Å². The Balaban J connectivity index is 0.000000364. The third-order valence-electron chi connectivity index (χ3n) is 5.36. The maximum atomic E-state index is 12.7. The molecule has 0 aliphatic carbocycles. The van der Waals surface area contributed by atoms with Gasteiger partial charge in [-0.1, -0.05) is 6.07 Å². The average Bonchev–Trinajstić information content (AvgIpc) is 3.38. The van der Waals surface area contributed by atoms with Crippen LogP contribution in [0.25, 0.3) is 22.0 Å². The summed E-state index contributed by atoms with van der Waals surface area (Å²) in [5.41, 5.74) is 3.41. The van der Waals surface area contributed by atoms with Crippen molar-refractivity contribution in [3.05, 3.63) is 70.5 Å². The molecule has 9 nitrogen and oxygen atoms in total. The van der Waals surface area contributed by atoms with Crippen LogP contribution in [-0.4, -0.2) is 51.1 Å². The highest BCUT2D eigenvalue weighted by atomic mass is 19.4. The lowest BCUT2D eigenvalue weighted by Crippen LogP contribution is -2.24. The van der Waals surface area contributed by atoms with Gasteiger partial charge < -0.3 is 19.6 Å². The van der Waals surface area contributed by atoms with Crippen LogP contribution in [-0.2, 0) is 11.2 Å². The van der Waals surface area contributed by atoms with E-state index >= 15 is 0 Å². The first-order valence-corrected chi connectivity index (χ1v) is 10.3. The molecule has 1 atom stereocenters. The van der Waals surface area contributed by atoms with Crippen LogP contribution in [0.4, 0.5) is 13.2 Å². The number of hydrogen-bond acceptors (Lipinski definition) is 6. The van der Waals surface area contributed by atoms with Crippen LogP contribution >= 0.6 is 0 Å². The van der Waals surface area contributed by atoms with Gasteiger partial charge in [-0.05, 0) is 47.9 Å². The number of halogens is 3. The van der Waals surface area contributed by atoms with Crippen LogP contribution in [0.5, 0.6) is 11.5 Å². The molecular formula is C23H19F3N4O5. The molecule has 12 heteroatoms. The van der Waals surface area contributed by atoms with Gasteiger partial charge in [0.2, 0.25) is 0 Å². The number of aliphatic carboxylic acids is 1. The zero-order valence-corrected chi connectivity index (χ0v) is 18.2. The van der Waals surface area contributed by atoms with E-state index in [2.05, 4.69) is 15.2 Å². The van der Waals surface area contributed by atoms with Gasteiger partial charge >= 0.3 is 12.1 Å². The van der Waals surface area contributed by atoms with Crippen LogP contribution < -0.4 is 15.0 Å². The molecule has 3 N–H and O–H groups in total. The number of methoxy groups -OCH3 is 1. The Labute approximate surface area is 195 Å². The zero-order chi connectivity index (χ0) is 25.2. The summed E-state index contributed by atoms with van der Waals surface area (Å²) in [6.07, 6.45) is -0.835. The second kappa shape index (κ2) is 9.49. The molecule has 1 aliphatic heterocycles. The molecule has 4 aromatic rings. The van der Waals surface area contributed by atoms with Crippen LogP contribution in [0, 0.1) is 0 Å². The molecule has 3 heterocycles. The number of aromatic amines is 2. The van der Waals surface area contributed by atoms with Crippen LogP contribution in [0.2, 0.25) is 0 Å². The highest BCUT2D eigenvalue weighted by Gasteiger charge is 2.38. The van der Waals surface area contributed by atoms with Crippen LogP contribution in [0.3, 0.4) is 0 Å². The Hall–Kier alpha value is -4.35.